The molecule has 19 heavy (non-hydrogen) atoms. The number of carbonyl (C=O) groups is 3. The zero-order valence-corrected chi connectivity index (χ0v) is 9.45. The van der Waals surface area contributed by atoms with Gasteiger partial charge in [0, 0.05) is 6.07 Å². The van der Waals surface area contributed by atoms with Crippen molar-refractivity contribution in [3.8, 4) is 0 Å². The first-order valence-electron chi connectivity index (χ1n) is 4.96. The average molecular weight is 270 g/mol. The molecule has 0 spiro atoms. The maximum atomic E-state index is 11.6. The number of carbonyl (C=O) groups excluding carboxylic acids is 2. The Kier molecular flexibility index (Phi) is 4.19. The highest BCUT2D eigenvalue weighted by molar-refractivity contribution is 5.96. The van der Waals surface area contributed by atoms with Crippen molar-refractivity contribution in [2.24, 2.45) is 5.73 Å². The molecule has 1 aromatic rings. The van der Waals surface area contributed by atoms with Crippen molar-refractivity contribution in [3.05, 3.63) is 28.1 Å². The molecular formula is C9H10N4O6. The van der Waals surface area contributed by atoms with Crippen molar-refractivity contribution in [1.29, 1.82) is 0 Å². The van der Waals surface area contributed by atoms with Crippen LogP contribution in [0.5, 0.6) is 0 Å². The van der Waals surface area contributed by atoms with Gasteiger partial charge in [0.2, 0.25) is 5.91 Å². The van der Waals surface area contributed by atoms with Gasteiger partial charge in [-0.05, 0) is 0 Å². The van der Waals surface area contributed by atoms with Gasteiger partial charge < -0.3 is 21.1 Å². The number of carboxylic acids is 1. The molecule has 1 rings (SSSR count). The zero-order chi connectivity index (χ0) is 14.6. The molecule has 10 nitrogen and oxygen atoms in total. The molecule has 2 amide bonds. The van der Waals surface area contributed by atoms with E-state index in [9.17, 15) is 24.5 Å². The van der Waals surface area contributed by atoms with Crippen LogP contribution in [0.3, 0.4) is 0 Å². The van der Waals surface area contributed by atoms with E-state index in [1.165, 1.54) is 0 Å². The quantitative estimate of drug-likeness (QED) is 0.381. The van der Waals surface area contributed by atoms with E-state index in [0.29, 0.717) is 0 Å². The SMILES string of the molecule is NC(=O)C[C@H](NC(=O)c1cc([N+](=O)[O-])c[nH]1)C(=O)O. The summed E-state index contributed by atoms with van der Waals surface area (Å²) >= 11 is 0. The monoisotopic (exact) mass is 270 g/mol. The fourth-order valence-corrected chi connectivity index (χ4v) is 1.26. The summed E-state index contributed by atoms with van der Waals surface area (Å²) in [5.41, 5.74) is 4.31. The van der Waals surface area contributed by atoms with Crippen LogP contribution in [0.1, 0.15) is 16.9 Å². The highest BCUT2D eigenvalue weighted by Crippen LogP contribution is 2.12. The van der Waals surface area contributed by atoms with Crippen molar-refractivity contribution in [1.82, 2.24) is 10.3 Å². The highest BCUT2D eigenvalue weighted by Gasteiger charge is 2.24. The third-order valence-corrected chi connectivity index (χ3v) is 2.13. The van der Waals surface area contributed by atoms with E-state index in [1.54, 1.807) is 0 Å². The molecule has 5 N–H and O–H groups in total. The zero-order valence-electron chi connectivity index (χ0n) is 9.45. The summed E-state index contributed by atoms with van der Waals surface area (Å²) in [5, 5.41) is 21.2. The number of rotatable bonds is 6. The normalized spacial score (nSPS) is 11.6. The Morgan fingerprint density at radius 1 is 1.53 bits per heavy atom. The van der Waals surface area contributed by atoms with Crippen LogP contribution < -0.4 is 11.1 Å². The lowest BCUT2D eigenvalue weighted by Crippen LogP contribution is -2.43. The van der Waals surface area contributed by atoms with Crippen LogP contribution in [0.25, 0.3) is 0 Å². The molecule has 0 bridgehead atoms. The third kappa shape index (κ3) is 3.80. The number of amides is 2. The first-order valence-corrected chi connectivity index (χ1v) is 4.96. The number of H-pyrrole nitrogens is 1. The molecule has 102 valence electrons. The summed E-state index contributed by atoms with van der Waals surface area (Å²) in [7, 11) is 0. The van der Waals surface area contributed by atoms with Crippen molar-refractivity contribution < 1.29 is 24.4 Å². The van der Waals surface area contributed by atoms with Gasteiger partial charge in [-0.1, -0.05) is 0 Å². The van der Waals surface area contributed by atoms with Crippen LogP contribution in [0.4, 0.5) is 5.69 Å². The number of carboxylic acid groups (broad SMARTS) is 1. The Morgan fingerprint density at radius 2 is 2.16 bits per heavy atom. The van der Waals surface area contributed by atoms with E-state index in [2.05, 4.69) is 4.98 Å². The average Bonchev–Trinajstić information content (AvgIpc) is 2.76. The molecule has 0 aromatic carbocycles. The minimum absolute atomic E-state index is 0.192. The van der Waals surface area contributed by atoms with Gasteiger partial charge in [-0.15, -0.1) is 0 Å². The number of primary amides is 1. The maximum absolute atomic E-state index is 11.6. The van der Waals surface area contributed by atoms with Crippen molar-refractivity contribution in [2.45, 2.75) is 12.5 Å². The summed E-state index contributed by atoms with van der Waals surface area (Å²) in [6, 6.07) is -0.550. The van der Waals surface area contributed by atoms with Crippen LogP contribution >= 0.6 is 0 Å². The second kappa shape index (κ2) is 5.62. The number of aliphatic carboxylic acids is 1. The Labute approximate surface area is 105 Å². The number of hydrogen-bond acceptors (Lipinski definition) is 5. The van der Waals surface area contributed by atoms with Gasteiger partial charge in [-0.3, -0.25) is 19.7 Å². The van der Waals surface area contributed by atoms with E-state index in [4.69, 9.17) is 10.8 Å². The fourth-order valence-electron chi connectivity index (χ4n) is 1.26. The maximum Gasteiger partial charge on any atom is 0.326 e. The number of nitrogens with two attached hydrogens (primary N) is 1. The molecular weight excluding hydrogens is 260 g/mol. The molecule has 0 aliphatic carbocycles. The fraction of sp³-hybridized carbons (Fsp3) is 0.222. The molecule has 0 saturated carbocycles. The molecule has 0 unspecified atom stereocenters. The minimum atomic E-state index is -1.49. The smallest absolute Gasteiger partial charge is 0.326 e. The Morgan fingerprint density at radius 3 is 2.58 bits per heavy atom. The van der Waals surface area contributed by atoms with Gasteiger partial charge in [-0.2, -0.15) is 0 Å². The van der Waals surface area contributed by atoms with Crippen LogP contribution in [0.2, 0.25) is 0 Å². The molecule has 0 saturated heterocycles. The Balaban J connectivity index is 2.78. The summed E-state index contributed by atoms with van der Waals surface area (Å²) in [4.78, 5) is 45.0. The molecule has 0 radical (unpaired) electrons. The first kappa shape index (κ1) is 14.2. The van der Waals surface area contributed by atoms with Crippen LogP contribution in [0.15, 0.2) is 12.3 Å². The summed E-state index contributed by atoms with van der Waals surface area (Å²) in [5.74, 6) is -3.22. The lowest BCUT2D eigenvalue weighted by Gasteiger charge is -2.11. The number of nitrogens with one attached hydrogen (secondary N) is 2. The molecule has 0 aliphatic heterocycles. The van der Waals surface area contributed by atoms with Gasteiger partial charge in [0.15, 0.2) is 0 Å². The number of aromatic nitrogens is 1. The van der Waals surface area contributed by atoms with Crippen molar-refractivity contribution >= 4 is 23.5 Å². The molecule has 1 heterocycles. The summed E-state index contributed by atoms with van der Waals surface area (Å²) < 4.78 is 0. The lowest BCUT2D eigenvalue weighted by atomic mass is 10.2. The van der Waals surface area contributed by atoms with E-state index in [0.717, 1.165) is 12.3 Å². The second-order valence-electron chi connectivity index (χ2n) is 3.56. The predicted octanol–water partition coefficient (Wildman–Crippen LogP) is -1.02. The second-order valence-corrected chi connectivity index (χ2v) is 3.56. The number of nitro groups is 1. The largest absolute Gasteiger partial charge is 0.480 e. The van der Waals surface area contributed by atoms with Gasteiger partial charge >= 0.3 is 5.97 Å². The predicted molar refractivity (Wildman–Crippen MR) is 60.1 cm³/mol. The Hall–Kier alpha value is -2.91. The number of aromatic amines is 1. The highest BCUT2D eigenvalue weighted by atomic mass is 16.6. The van der Waals surface area contributed by atoms with E-state index >= 15 is 0 Å². The van der Waals surface area contributed by atoms with Gasteiger partial charge in [0.25, 0.3) is 11.6 Å². The lowest BCUT2D eigenvalue weighted by molar-refractivity contribution is -0.384. The van der Waals surface area contributed by atoms with Crippen LogP contribution in [-0.2, 0) is 9.59 Å². The topological polar surface area (TPSA) is 168 Å². The van der Waals surface area contributed by atoms with E-state index in [-0.39, 0.29) is 11.4 Å². The van der Waals surface area contributed by atoms with Gasteiger partial charge in [0.1, 0.15) is 11.7 Å². The van der Waals surface area contributed by atoms with Gasteiger partial charge in [-0.25, -0.2) is 4.79 Å². The molecule has 1 aromatic heterocycles. The summed E-state index contributed by atoms with van der Waals surface area (Å²) in [6.07, 6.45) is 0.405. The standard InChI is InChI=1S/C9H10N4O6/c10-7(14)2-6(9(16)17)12-8(15)5-1-4(3-11-5)13(18)19/h1,3,6,11H,2H2,(H2,10,14)(H,12,15)(H,16,17)/t6-/m0/s1. The van der Waals surface area contributed by atoms with Crippen molar-refractivity contribution in [3.63, 3.8) is 0 Å². The molecule has 0 fully saturated rings. The first-order chi connectivity index (χ1) is 8.81. The number of nitrogens with zero attached hydrogens (tertiary/aromatic N) is 1. The number of hydrogen-bond donors (Lipinski definition) is 4. The molecule has 10 heteroatoms. The molecule has 1 atom stereocenters. The Bertz CT molecular complexity index is 537. The van der Waals surface area contributed by atoms with E-state index < -0.39 is 35.2 Å². The molecule has 0 aliphatic rings. The van der Waals surface area contributed by atoms with Crippen molar-refractivity contribution in [2.75, 3.05) is 0 Å². The van der Waals surface area contributed by atoms with Crippen LogP contribution in [-0.4, -0.2) is 38.8 Å². The van der Waals surface area contributed by atoms with Gasteiger partial charge in [0.05, 0.1) is 17.5 Å². The van der Waals surface area contributed by atoms with Crippen LogP contribution in [0, 0.1) is 10.1 Å². The minimum Gasteiger partial charge on any atom is -0.480 e. The van der Waals surface area contributed by atoms with E-state index in [1.807, 2.05) is 5.32 Å². The summed E-state index contributed by atoms with van der Waals surface area (Å²) in [6.45, 7) is 0. The third-order valence-electron chi connectivity index (χ3n) is 2.13.